The summed E-state index contributed by atoms with van der Waals surface area (Å²) in [6.07, 6.45) is 2.49. The quantitative estimate of drug-likeness (QED) is 0.910. The van der Waals surface area contributed by atoms with E-state index in [0.29, 0.717) is 12.1 Å². The van der Waals surface area contributed by atoms with Crippen LogP contribution in [-0.4, -0.2) is 23.0 Å². The number of halogens is 1. The van der Waals surface area contributed by atoms with Crippen LogP contribution in [0.15, 0.2) is 36.5 Å². The lowest BCUT2D eigenvalue weighted by Crippen LogP contribution is -2.44. The third-order valence-electron chi connectivity index (χ3n) is 3.09. The number of hydrogen-bond acceptors (Lipinski definition) is 3. The van der Waals surface area contributed by atoms with Crippen molar-refractivity contribution in [2.24, 2.45) is 5.73 Å². The van der Waals surface area contributed by atoms with Gasteiger partial charge >= 0.3 is 0 Å². The summed E-state index contributed by atoms with van der Waals surface area (Å²) in [5.41, 5.74) is 6.78. The first-order valence-corrected chi connectivity index (χ1v) is 6.39. The number of benzene rings is 1. The van der Waals surface area contributed by atoms with Crippen LogP contribution in [0.4, 0.5) is 0 Å². The number of amides is 1. The number of fused-ring (bicyclic) bond motifs is 1. The molecule has 0 aliphatic rings. The smallest absolute Gasteiger partial charge is 0.251 e. The second-order valence-corrected chi connectivity index (χ2v) is 5.29. The van der Waals surface area contributed by atoms with Crippen molar-refractivity contribution in [3.05, 3.63) is 42.1 Å². The average Bonchev–Trinajstić information content (AvgIpc) is 2.37. The Bertz CT molecular complexity index is 598. The number of carbonyl (C=O) groups is 1. The number of nitrogens with one attached hydrogen (secondary N) is 1. The molecule has 0 aliphatic carbocycles. The Kier molecular flexibility index (Phi) is 5.48. The third kappa shape index (κ3) is 3.92. The fourth-order valence-electron chi connectivity index (χ4n) is 2.02. The fourth-order valence-corrected chi connectivity index (χ4v) is 2.02. The minimum atomic E-state index is -0.296. The molecule has 1 aromatic carbocycles. The molecule has 0 bridgehead atoms. The highest BCUT2D eigenvalue weighted by Gasteiger charge is 2.20. The highest BCUT2D eigenvalue weighted by molar-refractivity contribution is 5.98. The first kappa shape index (κ1) is 16.4. The molecule has 1 heterocycles. The molecule has 2 rings (SSSR count). The van der Waals surface area contributed by atoms with E-state index in [2.05, 4.69) is 10.3 Å². The van der Waals surface area contributed by atoms with E-state index < -0.39 is 0 Å². The summed E-state index contributed by atoms with van der Waals surface area (Å²) in [5, 5.41) is 3.96. The first-order chi connectivity index (χ1) is 9.02. The molecule has 108 valence electrons. The lowest BCUT2D eigenvalue weighted by Gasteiger charge is -2.25. The summed E-state index contributed by atoms with van der Waals surface area (Å²) in [7, 11) is 0. The van der Waals surface area contributed by atoms with Crippen LogP contribution in [0.25, 0.3) is 10.9 Å². The number of hydrogen-bond donors (Lipinski definition) is 2. The monoisotopic (exact) mass is 293 g/mol. The fraction of sp³-hybridized carbons (Fsp3) is 0.333. The van der Waals surface area contributed by atoms with E-state index in [4.69, 9.17) is 5.73 Å². The third-order valence-corrected chi connectivity index (χ3v) is 3.09. The van der Waals surface area contributed by atoms with Gasteiger partial charge in [0.1, 0.15) is 0 Å². The van der Waals surface area contributed by atoms with Crippen LogP contribution in [0, 0.1) is 0 Å². The standard InChI is InChI=1S/C15H19N3O.ClH/c1-15(2,7-8-16)18-14(19)12-5-6-13-11(10-12)4-3-9-17-13;/h3-6,9-10H,7-8,16H2,1-2H3,(H,18,19);1H. The molecular formula is C15H20ClN3O. The van der Waals surface area contributed by atoms with Gasteiger partial charge in [0.15, 0.2) is 0 Å². The van der Waals surface area contributed by atoms with Crippen molar-refractivity contribution < 1.29 is 4.79 Å². The number of aromatic nitrogens is 1. The number of nitrogens with two attached hydrogens (primary N) is 1. The van der Waals surface area contributed by atoms with Crippen LogP contribution in [0.3, 0.4) is 0 Å². The lowest BCUT2D eigenvalue weighted by molar-refractivity contribution is 0.0910. The van der Waals surface area contributed by atoms with Crippen LogP contribution < -0.4 is 11.1 Å². The Morgan fingerprint density at radius 2 is 2.10 bits per heavy atom. The lowest BCUT2D eigenvalue weighted by atomic mass is 10.00. The van der Waals surface area contributed by atoms with Gasteiger partial charge in [-0.05, 0) is 51.1 Å². The van der Waals surface area contributed by atoms with Gasteiger partial charge in [-0.15, -0.1) is 12.4 Å². The maximum atomic E-state index is 12.2. The van der Waals surface area contributed by atoms with Gasteiger partial charge in [-0.25, -0.2) is 0 Å². The topological polar surface area (TPSA) is 68.0 Å². The van der Waals surface area contributed by atoms with Crippen molar-refractivity contribution >= 4 is 29.2 Å². The molecule has 0 saturated heterocycles. The largest absolute Gasteiger partial charge is 0.347 e. The Morgan fingerprint density at radius 3 is 2.80 bits per heavy atom. The van der Waals surface area contributed by atoms with Gasteiger partial charge in [-0.3, -0.25) is 9.78 Å². The van der Waals surface area contributed by atoms with Crippen molar-refractivity contribution in [2.75, 3.05) is 6.54 Å². The van der Waals surface area contributed by atoms with Gasteiger partial charge in [0.25, 0.3) is 5.91 Å². The van der Waals surface area contributed by atoms with E-state index in [9.17, 15) is 4.79 Å². The number of nitrogens with zero attached hydrogens (tertiary/aromatic N) is 1. The highest BCUT2D eigenvalue weighted by atomic mass is 35.5. The van der Waals surface area contributed by atoms with Gasteiger partial charge in [-0.1, -0.05) is 6.07 Å². The van der Waals surface area contributed by atoms with Crippen molar-refractivity contribution in [1.29, 1.82) is 0 Å². The number of pyridine rings is 1. The molecule has 0 unspecified atom stereocenters. The van der Waals surface area contributed by atoms with Crippen LogP contribution in [0.1, 0.15) is 30.6 Å². The molecule has 1 amide bonds. The predicted molar refractivity (Wildman–Crippen MR) is 84.2 cm³/mol. The maximum absolute atomic E-state index is 12.2. The molecule has 0 atom stereocenters. The molecule has 3 N–H and O–H groups in total. The first-order valence-electron chi connectivity index (χ1n) is 6.39. The molecule has 1 aromatic heterocycles. The minimum absolute atomic E-state index is 0. The van der Waals surface area contributed by atoms with Gasteiger partial charge < -0.3 is 11.1 Å². The molecule has 0 fully saturated rings. The summed E-state index contributed by atoms with van der Waals surface area (Å²) in [5.74, 6) is -0.0794. The average molecular weight is 294 g/mol. The van der Waals surface area contributed by atoms with Crippen LogP contribution in [0.5, 0.6) is 0 Å². The zero-order chi connectivity index (χ0) is 13.9. The maximum Gasteiger partial charge on any atom is 0.251 e. The second-order valence-electron chi connectivity index (χ2n) is 5.29. The molecule has 20 heavy (non-hydrogen) atoms. The van der Waals surface area contributed by atoms with Crippen molar-refractivity contribution in [3.63, 3.8) is 0 Å². The Labute approximate surface area is 125 Å². The van der Waals surface area contributed by atoms with E-state index >= 15 is 0 Å². The van der Waals surface area contributed by atoms with E-state index in [0.717, 1.165) is 17.3 Å². The molecule has 2 aromatic rings. The zero-order valence-electron chi connectivity index (χ0n) is 11.7. The summed E-state index contributed by atoms with van der Waals surface area (Å²) in [6.45, 7) is 4.50. The van der Waals surface area contributed by atoms with Gasteiger partial charge in [0, 0.05) is 22.7 Å². The molecule has 0 aliphatic heterocycles. The Hall–Kier alpha value is -1.65. The van der Waals surface area contributed by atoms with E-state index in [1.165, 1.54) is 0 Å². The van der Waals surface area contributed by atoms with Crippen molar-refractivity contribution in [3.8, 4) is 0 Å². The minimum Gasteiger partial charge on any atom is -0.347 e. The van der Waals surface area contributed by atoms with E-state index in [1.54, 1.807) is 12.3 Å². The Balaban J connectivity index is 0.00000200. The molecular weight excluding hydrogens is 274 g/mol. The normalized spacial score (nSPS) is 10.9. The SMILES string of the molecule is CC(C)(CCN)NC(=O)c1ccc2ncccc2c1.Cl. The van der Waals surface area contributed by atoms with E-state index in [1.807, 2.05) is 38.1 Å². The molecule has 0 spiro atoms. The Morgan fingerprint density at radius 1 is 1.35 bits per heavy atom. The second kappa shape index (κ2) is 6.68. The summed E-state index contributed by atoms with van der Waals surface area (Å²) in [6, 6.07) is 9.33. The van der Waals surface area contributed by atoms with Gasteiger partial charge in [0.2, 0.25) is 0 Å². The van der Waals surface area contributed by atoms with Crippen LogP contribution >= 0.6 is 12.4 Å². The van der Waals surface area contributed by atoms with Crippen molar-refractivity contribution in [2.45, 2.75) is 25.8 Å². The predicted octanol–water partition coefficient (Wildman–Crippen LogP) is 2.51. The number of rotatable bonds is 4. The van der Waals surface area contributed by atoms with Crippen molar-refractivity contribution in [1.82, 2.24) is 10.3 Å². The summed E-state index contributed by atoms with van der Waals surface area (Å²) < 4.78 is 0. The van der Waals surface area contributed by atoms with E-state index in [-0.39, 0.29) is 23.9 Å². The van der Waals surface area contributed by atoms with Gasteiger partial charge in [0.05, 0.1) is 5.52 Å². The molecule has 4 nitrogen and oxygen atoms in total. The number of carbonyl (C=O) groups excluding carboxylic acids is 1. The van der Waals surface area contributed by atoms with Gasteiger partial charge in [-0.2, -0.15) is 0 Å². The summed E-state index contributed by atoms with van der Waals surface area (Å²) in [4.78, 5) is 16.4. The van der Waals surface area contributed by atoms with Crippen LogP contribution in [0.2, 0.25) is 0 Å². The highest BCUT2D eigenvalue weighted by Crippen LogP contribution is 2.15. The molecule has 5 heteroatoms. The summed E-state index contributed by atoms with van der Waals surface area (Å²) >= 11 is 0. The molecule has 0 radical (unpaired) electrons. The molecule has 0 saturated carbocycles. The van der Waals surface area contributed by atoms with Crippen LogP contribution in [-0.2, 0) is 0 Å². The zero-order valence-corrected chi connectivity index (χ0v) is 12.5.